The van der Waals surface area contributed by atoms with E-state index in [2.05, 4.69) is 50.0 Å². The molecule has 1 N–H and O–H groups in total. The van der Waals surface area contributed by atoms with Crippen LogP contribution >= 0.6 is 0 Å². The van der Waals surface area contributed by atoms with E-state index in [9.17, 15) is 0 Å². The summed E-state index contributed by atoms with van der Waals surface area (Å²) in [6.07, 6.45) is 12.7. The van der Waals surface area contributed by atoms with Crippen LogP contribution in [-0.4, -0.2) is 61.4 Å². The maximum absolute atomic E-state index is 4.86. The van der Waals surface area contributed by atoms with Crippen LogP contribution in [0.2, 0.25) is 0 Å². The van der Waals surface area contributed by atoms with Crippen molar-refractivity contribution in [3.05, 3.63) is 31.4 Å². The molecular weight excluding hydrogens is 328 g/mol. The molecule has 8 heteroatoms. The highest BCUT2D eigenvalue weighted by Gasteiger charge is 2.28. The molecule has 2 aromatic rings. The molecule has 0 aliphatic carbocycles. The minimum Gasteiger partial charge on any atom is -0.357 e. The Kier molecular flexibility index (Phi) is 6.62. The van der Waals surface area contributed by atoms with Gasteiger partial charge >= 0.3 is 0 Å². The lowest BCUT2D eigenvalue weighted by Gasteiger charge is -2.39. The Hall–Kier alpha value is -2.38. The van der Waals surface area contributed by atoms with Gasteiger partial charge in [0.05, 0.1) is 12.4 Å². The number of unbranched alkanes of at least 4 members (excludes halogenated alkanes) is 1. The first-order valence-electron chi connectivity index (χ1n) is 9.61. The third kappa shape index (κ3) is 4.83. The predicted octanol–water partition coefficient (Wildman–Crippen LogP) is 1.80. The average molecular weight is 358 g/mol. The van der Waals surface area contributed by atoms with Crippen molar-refractivity contribution < 1.29 is 0 Å². The lowest BCUT2D eigenvalue weighted by molar-refractivity contribution is 0.189. The number of aryl methyl sites for hydroxylation is 1. The van der Waals surface area contributed by atoms with Crippen LogP contribution in [0.15, 0.2) is 36.4 Å². The van der Waals surface area contributed by atoms with Gasteiger partial charge in [-0.1, -0.05) is 6.92 Å². The topological polar surface area (TPSA) is 76.2 Å². The Labute approximate surface area is 155 Å². The highest BCUT2D eigenvalue weighted by atomic mass is 15.3. The van der Waals surface area contributed by atoms with Gasteiger partial charge in [0.25, 0.3) is 0 Å². The molecule has 26 heavy (non-hydrogen) atoms. The van der Waals surface area contributed by atoms with Gasteiger partial charge in [-0.3, -0.25) is 4.99 Å². The molecule has 0 aromatic carbocycles. The summed E-state index contributed by atoms with van der Waals surface area (Å²) in [5.74, 6) is 1.68. The Morgan fingerprint density at radius 1 is 1.23 bits per heavy atom. The Balaban J connectivity index is 1.54. The number of guanidine groups is 1. The van der Waals surface area contributed by atoms with Gasteiger partial charge < -0.3 is 19.4 Å². The molecule has 0 saturated carbocycles. The summed E-state index contributed by atoms with van der Waals surface area (Å²) in [6, 6.07) is 0.448. The van der Waals surface area contributed by atoms with E-state index in [0.717, 1.165) is 51.5 Å². The predicted molar refractivity (Wildman–Crippen MR) is 102 cm³/mol. The summed E-state index contributed by atoms with van der Waals surface area (Å²) in [5, 5.41) is 11.1. The van der Waals surface area contributed by atoms with Crippen LogP contribution in [0.3, 0.4) is 0 Å². The van der Waals surface area contributed by atoms with Gasteiger partial charge in [0.1, 0.15) is 12.7 Å². The normalized spacial score (nSPS) is 21.2. The fraction of sp³-hybridized carbons (Fsp3) is 0.667. The summed E-state index contributed by atoms with van der Waals surface area (Å²) in [5.41, 5.74) is 0. The minimum absolute atomic E-state index is 0.448. The van der Waals surface area contributed by atoms with Crippen LogP contribution in [-0.2, 0) is 6.54 Å². The second kappa shape index (κ2) is 9.35. The maximum Gasteiger partial charge on any atom is 0.193 e. The number of hydrogen-bond donors (Lipinski definition) is 1. The Morgan fingerprint density at radius 3 is 2.81 bits per heavy atom. The van der Waals surface area contributed by atoms with E-state index in [-0.39, 0.29) is 0 Å². The summed E-state index contributed by atoms with van der Waals surface area (Å²) in [6.45, 7) is 9.16. The number of aromatic nitrogens is 5. The van der Waals surface area contributed by atoms with Gasteiger partial charge in [-0.05, 0) is 32.1 Å². The van der Waals surface area contributed by atoms with E-state index >= 15 is 0 Å². The second-order valence-electron chi connectivity index (χ2n) is 6.93. The van der Waals surface area contributed by atoms with Gasteiger partial charge in [0.15, 0.2) is 5.96 Å². The number of nitrogens with one attached hydrogen (secondary N) is 1. The van der Waals surface area contributed by atoms with E-state index in [1.807, 2.05) is 17.1 Å². The number of piperidine rings is 1. The molecule has 1 saturated heterocycles. The zero-order valence-corrected chi connectivity index (χ0v) is 15.8. The number of aliphatic imine (C=N–C) groups is 1. The molecule has 142 valence electrons. The van der Waals surface area contributed by atoms with Crippen LogP contribution in [0.5, 0.6) is 0 Å². The number of nitrogens with zero attached hydrogens (tertiary/aromatic N) is 7. The van der Waals surface area contributed by atoms with Gasteiger partial charge in [-0.2, -0.15) is 0 Å². The number of hydrogen-bond acceptors (Lipinski definition) is 4. The van der Waals surface area contributed by atoms with Crippen LogP contribution in [0.1, 0.15) is 39.2 Å². The van der Waals surface area contributed by atoms with Gasteiger partial charge in [-0.15, -0.1) is 10.2 Å². The maximum atomic E-state index is 4.86. The van der Waals surface area contributed by atoms with Crippen LogP contribution in [0.25, 0.3) is 0 Å². The lowest BCUT2D eigenvalue weighted by atomic mass is 9.93. The van der Waals surface area contributed by atoms with Crippen molar-refractivity contribution >= 4 is 5.96 Å². The summed E-state index contributed by atoms with van der Waals surface area (Å²) in [4.78, 5) is 11.5. The molecule has 2 unspecified atom stereocenters. The second-order valence-corrected chi connectivity index (χ2v) is 6.93. The summed E-state index contributed by atoms with van der Waals surface area (Å²) >= 11 is 0. The molecule has 1 fully saturated rings. The van der Waals surface area contributed by atoms with E-state index < -0.39 is 0 Å². The highest BCUT2D eigenvalue weighted by molar-refractivity contribution is 5.80. The molecule has 8 nitrogen and oxygen atoms in total. The molecule has 0 amide bonds. The molecule has 0 bridgehead atoms. The molecular formula is C18H30N8. The van der Waals surface area contributed by atoms with E-state index in [1.165, 1.54) is 6.42 Å². The SMILES string of the molecule is CCNC(=NCCCCn1cnnc1)N1CCC(C)C(n2ccnc2)C1. The molecule has 3 heterocycles. The first-order valence-corrected chi connectivity index (χ1v) is 9.61. The van der Waals surface area contributed by atoms with E-state index in [1.54, 1.807) is 12.7 Å². The molecule has 2 atom stereocenters. The highest BCUT2D eigenvalue weighted by Crippen LogP contribution is 2.27. The molecule has 0 radical (unpaired) electrons. The average Bonchev–Trinajstić information content (AvgIpc) is 3.35. The molecule has 1 aliphatic rings. The Bertz CT molecular complexity index is 649. The first kappa shape index (κ1) is 18.4. The van der Waals surface area contributed by atoms with Crippen molar-refractivity contribution in [1.29, 1.82) is 0 Å². The van der Waals surface area contributed by atoms with Crippen molar-refractivity contribution in [1.82, 2.24) is 34.5 Å². The fourth-order valence-electron chi connectivity index (χ4n) is 3.45. The zero-order chi connectivity index (χ0) is 18.2. The summed E-state index contributed by atoms with van der Waals surface area (Å²) in [7, 11) is 0. The van der Waals surface area contributed by atoms with Crippen LogP contribution < -0.4 is 5.32 Å². The quantitative estimate of drug-likeness (QED) is 0.464. The van der Waals surface area contributed by atoms with Crippen LogP contribution in [0.4, 0.5) is 0 Å². The molecule has 0 spiro atoms. The largest absolute Gasteiger partial charge is 0.357 e. The van der Waals surface area contributed by atoms with Crippen molar-refractivity contribution in [2.75, 3.05) is 26.2 Å². The third-order valence-corrected chi connectivity index (χ3v) is 5.01. The lowest BCUT2D eigenvalue weighted by Crippen LogP contribution is -2.49. The summed E-state index contributed by atoms with van der Waals surface area (Å²) < 4.78 is 4.25. The standard InChI is InChI=1S/C18H30N8/c1-3-20-18(21-7-4-5-9-24-14-22-23-15-24)25-10-6-16(2)17(12-25)26-11-8-19-13-26/h8,11,13-17H,3-7,9-10,12H2,1-2H3,(H,20,21). The van der Waals surface area contributed by atoms with Crippen LogP contribution in [0, 0.1) is 5.92 Å². The molecule has 1 aliphatic heterocycles. The Morgan fingerprint density at radius 2 is 2.08 bits per heavy atom. The fourth-order valence-corrected chi connectivity index (χ4v) is 3.45. The number of rotatable bonds is 7. The van der Waals surface area contributed by atoms with Crippen molar-refractivity contribution in [2.24, 2.45) is 10.9 Å². The van der Waals surface area contributed by atoms with Gasteiger partial charge in [0, 0.05) is 45.1 Å². The molecule has 2 aromatic heterocycles. The van der Waals surface area contributed by atoms with Crippen molar-refractivity contribution in [2.45, 2.75) is 45.7 Å². The molecule has 3 rings (SSSR count). The minimum atomic E-state index is 0.448. The number of imidazole rings is 1. The smallest absolute Gasteiger partial charge is 0.193 e. The third-order valence-electron chi connectivity index (χ3n) is 5.01. The monoisotopic (exact) mass is 358 g/mol. The van der Waals surface area contributed by atoms with Crippen molar-refractivity contribution in [3.8, 4) is 0 Å². The number of likely N-dealkylation sites (tertiary alicyclic amines) is 1. The first-order chi connectivity index (χ1) is 12.8. The van der Waals surface area contributed by atoms with E-state index in [0.29, 0.717) is 12.0 Å². The van der Waals surface area contributed by atoms with E-state index in [4.69, 9.17) is 4.99 Å². The van der Waals surface area contributed by atoms with Gasteiger partial charge in [0.2, 0.25) is 0 Å². The zero-order valence-electron chi connectivity index (χ0n) is 15.8. The van der Waals surface area contributed by atoms with Crippen molar-refractivity contribution in [3.63, 3.8) is 0 Å². The van der Waals surface area contributed by atoms with Gasteiger partial charge in [-0.25, -0.2) is 4.98 Å².